The second-order valence-electron chi connectivity index (χ2n) is 8.05. The molecule has 4 rings (SSSR count). The summed E-state index contributed by atoms with van der Waals surface area (Å²) in [5.74, 6) is 0.00987. The van der Waals surface area contributed by atoms with Crippen LogP contribution in [-0.2, 0) is 28.9 Å². The van der Waals surface area contributed by atoms with Crippen LogP contribution in [0.1, 0.15) is 72.5 Å². The van der Waals surface area contributed by atoms with Gasteiger partial charge in [-0.2, -0.15) is 0 Å². The molecule has 0 fully saturated rings. The van der Waals surface area contributed by atoms with Crippen molar-refractivity contribution in [1.29, 1.82) is 0 Å². The van der Waals surface area contributed by atoms with Crippen molar-refractivity contribution in [2.75, 3.05) is 18.5 Å². The normalized spacial score (nSPS) is 11.2. The second-order valence-corrected chi connectivity index (χ2v) is 8.05. The largest absolute Gasteiger partial charge is 0.331 e. The lowest BCUT2D eigenvalue weighted by molar-refractivity contribution is -0.107. The number of carbonyl (C=O) groups excluding carboxylic acids is 3. The van der Waals surface area contributed by atoms with Crippen LogP contribution in [0.25, 0.3) is 0 Å². The van der Waals surface area contributed by atoms with E-state index in [9.17, 15) is 9.59 Å². The Kier molecular flexibility index (Phi) is 13.6. The average molecular weight is 492 g/mol. The van der Waals surface area contributed by atoms with E-state index in [4.69, 9.17) is 10.5 Å². The third-order valence-electron chi connectivity index (χ3n) is 5.65. The molecule has 1 aliphatic heterocycles. The SMILES string of the molecule is C=O.CC.CCN.Cc1cc(CCC=O)ccc1Cc1cc2c(cn1)N(C)C(=O)c1ccccc1C2.[HH]. The summed E-state index contributed by atoms with van der Waals surface area (Å²) in [5.41, 5.74) is 13.3. The fraction of sp³-hybridized carbons (Fsp3) is 0.333. The first-order valence-corrected chi connectivity index (χ1v) is 12.3. The summed E-state index contributed by atoms with van der Waals surface area (Å²) in [4.78, 5) is 37.8. The highest BCUT2D eigenvalue weighted by Crippen LogP contribution is 2.30. The Morgan fingerprint density at radius 3 is 2.42 bits per heavy atom. The summed E-state index contributed by atoms with van der Waals surface area (Å²) in [6, 6.07) is 16.3. The Bertz CT molecular complexity index is 1130. The highest BCUT2D eigenvalue weighted by molar-refractivity contribution is 6.08. The van der Waals surface area contributed by atoms with E-state index in [-0.39, 0.29) is 7.33 Å². The van der Waals surface area contributed by atoms with E-state index < -0.39 is 0 Å². The van der Waals surface area contributed by atoms with Gasteiger partial charge in [0.2, 0.25) is 0 Å². The number of nitrogens with zero attached hydrogens (tertiary/aromatic N) is 2. The highest BCUT2D eigenvalue weighted by Gasteiger charge is 2.24. The van der Waals surface area contributed by atoms with Gasteiger partial charge >= 0.3 is 0 Å². The van der Waals surface area contributed by atoms with E-state index >= 15 is 0 Å². The van der Waals surface area contributed by atoms with Gasteiger partial charge in [0.1, 0.15) is 13.1 Å². The van der Waals surface area contributed by atoms with Gasteiger partial charge in [-0.05, 0) is 59.8 Å². The Balaban J connectivity index is 0.00000148. The van der Waals surface area contributed by atoms with E-state index in [0.717, 1.165) is 60.2 Å². The first-order valence-electron chi connectivity index (χ1n) is 12.3. The molecule has 0 radical (unpaired) electrons. The topological polar surface area (TPSA) is 93.4 Å². The summed E-state index contributed by atoms with van der Waals surface area (Å²) in [6.07, 6.45) is 5.58. The first-order chi connectivity index (χ1) is 17.5. The molecule has 194 valence electrons. The molecule has 0 spiro atoms. The second kappa shape index (κ2) is 16.1. The lowest BCUT2D eigenvalue weighted by Gasteiger charge is -2.18. The quantitative estimate of drug-likeness (QED) is 0.486. The van der Waals surface area contributed by atoms with Gasteiger partial charge in [-0.15, -0.1) is 0 Å². The van der Waals surface area contributed by atoms with Crippen LogP contribution in [0.3, 0.4) is 0 Å². The Labute approximate surface area is 217 Å². The number of anilines is 1. The third kappa shape index (κ3) is 7.95. The van der Waals surface area contributed by atoms with Gasteiger partial charge in [0, 0.05) is 39.0 Å². The smallest absolute Gasteiger partial charge is 0.258 e. The van der Waals surface area contributed by atoms with Crippen LogP contribution in [0.5, 0.6) is 0 Å². The zero-order valence-electron chi connectivity index (χ0n) is 22.2. The molecule has 3 aromatic rings. The molecule has 2 aromatic carbocycles. The number of rotatable bonds is 5. The number of benzene rings is 2. The van der Waals surface area contributed by atoms with E-state index in [1.807, 2.05) is 65.1 Å². The molecular formula is C30H41N3O3. The standard InChI is InChI=1S/C25H24N2O2.C2H7N.C2H6.CH2O.H2/c1-17-12-18(6-5-11-28)9-10-19(17)14-22-15-21-13-20-7-3-4-8-23(20)25(29)27(2)24(21)16-26-22;1-2-3;2*1-2;/h3-4,7-12,15-16H,5-6,13-14H2,1-2H3;2-3H2,1H3;1-2H3;1H2;1H. The maximum Gasteiger partial charge on any atom is 0.258 e. The summed E-state index contributed by atoms with van der Waals surface area (Å²) >= 11 is 0. The average Bonchev–Trinajstić information content (AvgIpc) is 3.01. The monoisotopic (exact) mass is 491 g/mol. The third-order valence-corrected chi connectivity index (χ3v) is 5.65. The van der Waals surface area contributed by atoms with Crippen molar-refractivity contribution in [3.8, 4) is 0 Å². The van der Waals surface area contributed by atoms with Gasteiger partial charge in [-0.25, -0.2) is 0 Å². The van der Waals surface area contributed by atoms with E-state index in [1.54, 1.807) is 4.90 Å². The number of fused-ring (bicyclic) bond motifs is 2. The molecule has 1 aromatic heterocycles. The van der Waals surface area contributed by atoms with Gasteiger partial charge in [0.25, 0.3) is 5.91 Å². The van der Waals surface area contributed by atoms with E-state index in [2.05, 4.69) is 36.2 Å². The minimum atomic E-state index is 0. The summed E-state index contributed by atoms with van der Waals surface area (Å²) in [6.45, 7) is 10.8. The molecule has 0 saturated heterocycles. The van der Waals surface area contributed by atoms with E-state index in [1.165, 1.54) is 16.7 Å². The maximum absolute atomic E-state index is 12.8. The lowest BCUT2D eigenvalue weighted by Crippen LogP contribution is -2.26. The van der Waals surface area contributed by atoms with Crippen LogP contribution >= 0.6 is 0 Å². The number of hydrogen-bond acceptors (Lipinski definition) is 5. The van der Waals surface area contributed by atoms with Gasteiger partial charge < -0.3 is 20.2 Å². The summed E-state index contributed by atoms with van der Waals surface area (Å²) < 4.78 is 0. The molecule has 2 heterocycles. The van der Waals surface area contributed by atoms with Crippen molar-refractivity contribution in [3.63, 3.8) is 0 Å². The minimum Gasteiger partial charge on any atom is -0.331 e. The van der Waals surface area contributed by atoms with Crippen LogP contribution in [0.15, 0.2) is 54.7 Å². The molecule has 2 N–H and O–H groups in total. The van der Waals surface area contributed by atoms with Crippen molar-refractivity contribution in [3.05, 3.63) is 93.8 Å². The summed E-state index contributed by atoms with van der Waals surface area (Å²) in [7, 11) is 1.81. The number of aldehydes is 1. The van der Waals surface area contributed by atoms with Gasteiger partial charge in [0.15, 0.2) is 0 Å². The molecule has 1 amide bonds. The predicted octanol–water partition coefficient (Wildman–Crippen LogP) is 5.35. The van der Waals surface area contributed by atoms with Crippen molar-refractivity contribution in [1.82, 2.24) is 4.98 Å². The molecule has 36 heavy (non-hydrogen) atoms. The first kappa shape index (κ1) is 30.4. The van der Waals surface area contributed by atoms with Crippen molar-refractivity contribution < 1.29 is 15.8 Å². The van der Waals surface area contributed by atoms with Crippen LogP contribution in [0.4, 0.5) is 5.69 Å². The molecular weight excluding hydrogens is 450 g/mol. The van der Waals surface area contributed by atoms with Crippen molar-refractivity contribution >= 4 is 24.7 Å². The number of pyridine rings is 1. The number of aryl methyl sites for hydroxylation is 2. The maximum atomic E-state index is 12.8. The molecule has 0 bridgehead atoms. The van der Waals surface area contributed by atoms with Crippen molar-refractivity contribution in [2.45, 2.75) is 53.4 Å². The number of amides is 1. The van der Waals surface area contributed by atoms with E-state index in [0.29, 0.717) is 6.42 Å². The molecule has 1 aliphatic rings. The molecule has 0 unspecified atom stereocenters. The van der Waals surface area contributed by atoms with Crippen LogP contribution in [-0.4, -0.2) is 37.6 Å². The van der Waals surface area contributed by atoms with Crippen molar-refractivity contribution in [2.24, 2.45) is 5.73 Å². The minimum absolute atomic E-state index is 0. The molecule has 0 saturated carbocycles. The fourth-order valence-electron chi connectivity index (χ4n) is 3.99. The molecule has 6 heteroatoms. The number of carbonyl (C=O) groups is 3. The van der Waals surface area contributed by atoms with Crippen LogP contribution in [0, 0.1) is 6.92 Å². The zero-order chi connectivity index (χ0) is 27.1. The molecule has 0 atom stereocenters. The molecule has 0 aliphatic carbocycles. The summed E-state index contributed by atoms with van der Waals surface area (Å²) in [5, 5.41) is 0. The Hall–Kier alpha value is -3.64. The molecule has 6 nitrogen and oxygen atoms in total. The zero-order valence-corrected chi connectivity index (χ0v) is 22.2. The Morgan fingerprint density at radius 2 is 1.78 bits per heavy atom. The Morgan fingerprint density at radius 1 is 1.11 bits per heavy atom. The van der Waals surface area contributed by atoms with Gasteiger partial charge in [-0.3, -0.25) is 9.78 Å². The number of hydrogen-bond donors (Lipinski definition) is 1. The van der Waals surface area contributed by atoms with Gasteiger partial charge in [-0.1, -0.05) is 57.2 Å². The predicted molar refractivity (Wildman–Crippen MR) is 150 cm³/mol. The van der Waals surface area contributed by atoms with Crippen LogP contribution < -0.4 is 10.6 Å². The van der Waals surface area contributed by atoms with Crippen LogP contribution in [0.2, 0.25) is 0 Å². The fourth-order valence-corrected chi connectivity index (χ4v) is 3.99. The highest BCUT2D eigenvalue weighted by atomic mass is 16.2. The number of nitrogens with two attached hydrogens (primary N) is 1. The number of aromatic nitrogens is 1. The van der Waals surface area contributed by atoms with Gasteiger partial charge in [0.05, 0.1) is 11.9 Å². The lowest BCUT2D eigenvalue weighted by atomic mass is 9.97.